The average molecular weight is 470 g/mol. The Morgan fingerprint density at radius 2 is 0.750 bits per heavy atom. The van der Waals surface area contributed by atoms with E-state index in [-0.39, 0.29) is 0 Å². The standard InChI is InChI=1S/2C2H2O4.2Mo.2H2O.4O/c2*3-1(4)2(5)6;;;;;;;;/h2*(H,3,4)(H,5,6);;;2*1H2;;;;/q;;2*+1;;;;;;/p-2. The first-order chi connectivity index (χ1) is 8.70. The van der Waals surface area contributed by atoms with Crippen molar-refractivity contribution in [2.75, 3.05) is 0 Å². The van der Waals surface area contributed by atoms with Crippen LogP contribution in [0.2, 0.25) is 0 Å². The third-order valence-corrected chi connectivity index (χ3v) is 12.4. The second kappa shape index (κ2) is 8.09. The first-order valence-corrected chi connectivity index (χ1v) is 10.3. The van der Waals surface area contributed by atoms with Crippen molar-refractivity contribution in [3.05, 3.63) is 0 Å². The van der Waals surface area contributed by atoms with Gasteiger partial charge in [0.1, 0.15) is 0 Å². The zero-order valence-corrected chi connectivity index (χ0v) is 12.8. The molecule has 14 nitrogen and oxygen atoms in total. The molecule has 0 unspecified atom stereocenters. The summed E-state index contributed by atoms with van der Waals surface area (Å²) in [5.41, 5.74) is 0. The Hall–Kier alpha value is -1.30. The van der Waals surface area contributed by atoms with Gasteiger partial charge in [-0.3, -0.25) is 0 Å². The summed E-state index contributed by atoms with van der Waals surface area (Å²) < 4.78 is 43.5. The van der Waals surface area contributed by atoms with Crippen molar-refractivity contribution in [1.82, 2.24) is 0 Å². The predicted molar refractivity (Wildman–Crippen MR) is 38.5 cm³/mol. The topological polar surface area (TPSA) is 242 Å². The normalized spacial score (nSPS) is 26.5. The first kappa shape index (κ1) is 21.0. The zero-order valence-electron chi connectivity index (χ0n) is 8.77. The molecule has 0 aromatic carbocycles. The summed E-state index contributed by atoms with van der Waals surface area (Å²) in [5.74, 6) is -7.30. The molecule has 0 atom stereocenters. The van der Waals surface area contributed by atoms with Crippen molar-refractivity contribution in [2.45, 2.75) is 0 Å². The Morgan fingerprint density at radius 3 is 0.750 bits per heavy atom. The molecule has 0 aromatic rings. The first-order valence-electron chi connectivity index (χ1n) is 3.58. The predicted octanol–water partition coefficient (Wildman–Crippen LogP) is -3.18. The Morgan fingerprint density at radius 1 is 0.600 bits per heavy atom. The minimum atomic E-state index is -4.77. The van der Waals surface area contributed by atoms with Crippen LogP contribution in [0.15, 0.2) is 0 Å². The number of carboxylic acid groups (broad SMARTS) is 4. The van der Waals surface area contributed by atoms with Crippen LogP contribution in [0.25, 0.3) is 0 Å². The number of rotatable bonds is 0. The second-order valence-corrected chi connectivity index (χ2v) is 11.0. The molecule has 0 saturated carbocycles. The van der Waals surface area contributed by atoms with Gasteiger partial charge in [0.2, 0.25) is 0 Å². The Kier molecular flexibility index (Phi) is 8.49. The molecule has 1 saturated heterocycles. The number of hydrogen-bond acceptors (Lipinski definition) is 8. The molecule has 16 heteroatoms. The summed E-state index contributed by atoms with van der Waals surface area (Å²) >= 11 is -9.54. The van der Waals surface area contributed by atoms with E-state index in [1.165, 1.54) is 0 Å². The number of hydrogen-bond donors (Lipinski definition) is 6. The summed E-state index contributed by atoms with van der Waals surface area (Å²) in [7, 11) is 0. The van der Waals surface area contributed by atoms with E-state index in [4.69, 9.17) is 47.1 Å². The van der Waals surface area contributed by atoms with Crippen molar-refractivity contribution < 1.29 is 92.3 Å². The third-order valence-electron chi connectivity index (χ3n) is 0.710. The van der Waals surface area contributed by atoms with Gasteiger partial charge >= 0.3 is 76.6 Å². The number of carboxylic acids is 4. The van der Waals surface area contributed by atoms with Crippen molar-refractivity contribution in [3.63, 3.8) is 0 Å². The fourth-order valence-corrected chi connectivity index (χ4v) is 7.78. The Balaban J connectivity index is 0. The van der Waals surface area contributed by atoms with E-state index >= 15 is 0 Å². The monoisotopic (exact) mass is 474 g/mol. The van der Waals surface area contributed by atoms with Gasteiger partial charge in [-0.05, 0) is 0 Å². The van der Waals surface area contributed by atoms with E-state index in [0.717, 1.165) is 0 Å². The fourth-order valence-electron chi connectivity index (χ4n) is 0.222. The van der Waals surface area contributed by atoms with Gasteiger partial charge in [0.15, 0.2) is 0 Å². The molecule has 20 heavy (non-hydrogen) atoms. The molecule has 0 aromatic heterocycles. The molecule has 1 fully saturated rings. The van der Waals surface area contributed by atoms with Crippen LogP contribution in [0.4, 0.5) is 0 Å². The van der Waals surface area contributed by atoms with E-state index < -0.39 is 58.2 Å². The van der Waals surface area contributed by atoms with Crippen LogP contribution >= 0.6 is 0 Å². The van der Waals surface area contributed by atoms with Crippen LogP contribution in [0.1, 0.15) is 0 Å². The molecule has 0 aliphatic carbocycles. The molecule has 1 aliphatic rings. The maximum absolute atomic E-state index is 9.96. The van der Waals surface area contributed by atoms with Gasteiger partial charge in [-0.15, -0.1) is 0 Å². The van der Waals surface area contributed by atoms with Gasteiger partial charge in [-0.2, -0.15) is 0 Å². The van der Waals surface area contributed by atoms with E-state index in [1.54, 1.807) is 0 Å². The molecule has 0 amide bonds. The maximum atomic E-state index is 9.96. The van der Waals surface area contributed by atoms with Gasteiger partial charge in [-0.1, -0.05) is 0 Å². The summed E-state index contributed by atoms with van der Waals surface area (Å²) in [4.78, 5) is 36.4. The van der Waals surface area contributed by atoms with Gasteiger partial charge in [0.25, 0.3) is 0 Å². The van der Waals surface area contributed by atoms with Gasteiger partial charge < -0.3 is 20.4 Å². The van der Waals surface area contributed by atoms with Crippen LogP contribution in [-0.4, -0.2) is 51.8 Å². The number of carbonyl (C=O) groups is 4. The van der Waals surface area contributed by atoms with Gasteiger partial charge in [0.05, 0.1) is 0 Å². The molecular weight excluding hydrogens is 464 g/mol. The van der Waals surface area contributed by atoms with Crippen molar-refractivity contribution in [2.24, 2.45) is 0 Å². The van der Waals surface area contributed by atoms with Crippen LogP contribution in [0.5, 0.6) is 0 Å². The third kappa shape index (κ3) is 11.8. The molecule has 0 spiro atoms. The fraction of sp³-hybridized carbons (Fsp3) is 0. The Bertz CT molecular complexity index is 421. The Labute approximate surface area is 116 Å². The quantitative estimate of drug-likeness (QED) is 0.151. The molecule has 0 radical (unpaired) electrons. The van der Waals surface area contributed by atoms with Crippen molar-refractivity contribution >= 4 is 23.9 Å². The zero-order chi connectivity index (χ0) is 16.7. The van der Waals surface area contributed by atoms with E-state index in [9.17, 15) is 6.80 Å². The summed E-state index contributed by atoms with van der Waals surface area (Å²) in [5, 5.41) is 29.6. The summed E-state index contributed by atoms with van der Waals surface area (Å²) in [6.45, 7) is 0. The average Bonchev–Trinajstić information content (AvgIpc) is 2.14. The van der Waals surface area contributed by atoms with Crippen LogP contribution in [-0.2, 0) is 64.4 Å². The molecule has 1 rings (SSSR count). The SMILES string of the molecule is O=C(O)C(=O)O.O=C(O)C(=O)O.[O]=[Mo]1([OH])[O][Mo](=[O])([OH])[O]1. The van der Waals surface area contributed by atoms with Crippen LogP contribution in [0.3, 0.4) is 0 Å². The number of aliphatic carboxylic acids is 4. The summed E-state index contributed by atoms with van der Waals surface area (Å²) in [6, 6.07) is 0. The summed E-state index contributed by atoms with van der Waals surface area (Å²) in [6.07, 6.45) is 0. The molecule has 6 N–H and O–H groups in total. The molecule has 1 heterocycles. The van der Waals surface area contributed by atoms with Crippen LogP contribution < -0.4 is 0 Å². The molecule has 0 bridgehead atoms. The van der Waals surface area contributed by atoms with Crippen molar-refractivity contribution in [3.8, 4) is 0 Å². The second-order valence-electron chi connectivity index (χ2n) is 2.21. The molecule has 118 valence electrons. The van der Waals surface area contributed by atoms with Gasteiger partial charge in [-0.25, -0.2) is 19.2 Å². The van der Waals surface area contributed by atoms with Gasteiger partial charge in [0, 0.05) is 0 Å². The van der Waals surface area contributed by atoms with Crippen LogP contribution in [0, 0.1) is 0 Å². The van der Waals surface area contributed by atoms with E-state index in [1.807, 2.05) is 0 Å². The van der Waals surface area contributed by atoms with Crippen molar-refractivity contribution in [1.29, 1.82) is 0 Å². The molecule has 1 aliphatic heterocycles. The van der Waals surface area contributed by atoms with E-state index in [0.29, 0.717) is 0 Å². The minimum absolute atomic E-state index is 1.82. The molecular formula is C4H6Mo2O14. The van der Waals surface area contributed by atoms with E-state index in [2.05, 4.69) is 4.09 Å².